The van der Waals surface area contributed by atoms with Gasteiger partial charge in [0.1, 0.15) is 0 Å². The van der Waals surface area contributed by atoms with Gasteiger partial charge in [-0.1, -0.05) is 12.1 Å². The van der Waals surface area contributed by atoms with E-state index in [9.17, 15) is 0 Å². The first-order valence-corrected chi connectivity index (χ1v) is 5.60. The summed E-state index contributed by atoms with van der Waals surface area (Å²) in [6.07, 6.45) is 9.45. The van der Waals surface area contributed by atoms with E-state index >= 15 is 0 Å². The van der Waals surface area contributed by atoms with Crippen molar-refractivity contribution in [2.45, 2.75) is 16.2 Å². The van der Waals surface area contributed by atoms with Gasteiger partial charge < -0.3 is 5.32 Å². The maximum atomic E-state index is 3.51. The van der Waals surface area contributed by atoms with E-state index in [0.717, 1.165) is 0 Å². The van der Waals surface area contributed by atoms with E-state index in [0.29, 0.717) is 11.3 Å². The molecular formula is C12H10NReS-. The van der Waals surface area contributed by atoms with E-state index in [4.69, 9.17) is 0 Å². The number of nitrogens with one attached hydrogen (secondary N) is 1. The van der Waals surface area contributed by atoms with Gasteiger partial charge in [-0.25, -0.2) is 12.2 Å². The van der Waals surface area contributed by atoms with E-state index < -0.39 is 0 Å². The molecule has 0 amide bonds. The van der Waals surface area contributed by atoms with Crippen LogP contribution in [0.5, 0.6) is 0 Å². The van der Waals surface area contributed by atoms with Crippen LogP contribution in [-0.2, 0) is 20.4 Å². The normalized spacial score (nSPS) is 25.9. The predicted octanol–water partition coefficient (Wildman–Crippen LogP) is 2.87. The summed E-state index contributed by atoms with van der Waals surface area (Å²) in [7, 11) is 0. The smallest absolute Gasteiger partial charge is 0.0482 e. The fourth-order valence-corrected chi connectivity index (χ4v) is 2.93. The van der Waals surface area contributed by atoms with Crippen LogP contribution in [0, 0.1) is 6.08 Å². The fraction of sp³-hybridized carbons (Fsp3) is 0.167. The Morgan fingerprint density at radius 1 is 1.27 bits per heavy atom. The van der Waals surface area contributed by atoms with Crippen molar-refractivity contribution in [1.82, 2.24) is 0 Å². The van der Waals surface area contributed by atoms with Crippen molar-refractivity contribution in [3.8, 4) is 0 Å². The van der Waals surface area contributed by atoms with Gasteiger partial charge in [0, 0.05) is 37.0 Å². The molecule has 1 nitrogen and oxygen atoms in total. The van der Waals surface area contributed by atoms with Crippen LogP contribution in [0.1, 0.15) is 0 Å². The Bertz CT molecular complexity index is 375. The monoisotopic (exact) mass is 387 g/mol. The molecular weight excluding hydrogens is 376 g/mol. The second-order valence-corrected chi connectivity index (χ2v) is 4.66. The second-order valence-electron chi connectivity index (χ2n) is 3.44. The summed E-state index contributed by atoms with van der Waals surface area (Å²) < 4.78 is 0. The van der Waals surface area contributed by atoms with Crippen LogP contribution < -0.4 is 5.32 Å². The number of hydrogen-bond donors (Lipinski definition) is 1. The minimum atomic E-state index is 0. The summed E-state index contributed by atoms with van der Waals surface area (Å²) in [5.74, 6) is 0. The maximum absolute atomic E-state index is 3.51. The summed E-state index contributed by atoms with van der Waals surface area (Å²) in [4.78, 5) is 1.34. The van der Waals surface area contributed by atoms with Crippen LogP contribution in [0.4, 0.5) is 5.69 Å². The molecule has 0 aromatic heterocycles. The Morgan fingerprint density at radius 2 is 2.13 bits per heavy atom. The predicted molar refractivity (Wildman–Crippen MR) is 60.5 cm³/mol. The van der Waals surface area contributed by atoms with Crippen LogP contribution in [0.3, 0.4) is 0 Å². The molecule has 1 aromatic rings. The maximum Gasteiger partial charge on any atom is 0.0482 e. The van der Waals surface area contributed by atoms with Crippen molar-refractivity contribution in [1.29, 1.82) is 0 Å². The average molecular weight is 386 g/mol. The summed E-state index contributed by atoms with van der Waals surface area (Å²) in [5, 5.41) is 4.03. The van der Waals surface area contributed by atoms with Crippen molar-refractivity contribution in [3.63, 3.8) is 0 Å². The molecule has 15 heavy (non-hydrogen) atoms. The zero-order valence-electron chi connectivity index (χ0n) is 7.98. The number of fused-ring (bicyclic) bond motifs is 2. The largest absolute Gasteiger partial charge is 0.380 e. The Balaban J connectivity index is 0.000000853. The molecule has 0 saturated carbocycles. The molecule has 1 N–H and O–H groups in total. The van der Waals surface area contributed by atoms with Gasteiger partial charge in [-0.15, -0.1) is 11.8 Å². The van der Waals surface area contributed by atoms with Crippen molar-refractivity contribution < 1.29 is 20.4 Å². The minimum Gasteiger partial charge on any atom is -0.380 e. The molecule has 0 fully saturated rings. The van der Waals surface area contributed by atoms with E-state index in [1.54, 1.807) is 0 Å². The number of thioether (sulfide) groups is 1. The second kappa shape index (κ2) is 4.57. The number of benzene rings is 1. The first-order chi connectivity index (χ1) is 6.93. The number of rotatable bonds is 0. The Hall–Kier alpha value is -0.488. The van der Waals surface area contributed by atoms with Crippen molar-refractivity contribution in [2.24, 2.45) is 0 Å². The molecule has 1 radical (unpaired) electrons. The number of allylic oxidation sites excluding steroid dienone is 2. The molecule has 1 aromatic carbocycles. The van der Waals surface area contributed by atoms with Crippen LogP contribution in [-0.4, -0.2) is 11.3 Å². The quantitative estimate of drug-likeness (QED) is 0.688. The van der Waals surface area contributed by atoms with Gasteiger partial charge in [0.25, 0.3) is 0 Å². The van der Waals surface area contributed by atoms with E-state index in [1.807, 2.05) is 17.8 Å². The molecule has 1 aliphatic carbocycles. The molecule has 0 bridgehead atoms. The van der Waals surface area contributed by atoms with Gasteiger partial charge in [0.05, 0.1) is 0 Å². The molecule has 0 spiro atoms. The number of para-hydroxylation sites is 1. The van der Waals surface area contributed by atoms with Crippen LogP contribution >= 0.6 is 11.8 Å². The van der Waals surface area contributed by atoms with Crippen molar-refractivity contribution >= 4 is 17.4 Å². The summed E-state index contributed by atoms with van der Waals surface area (Å²) in [6.45, 7) is 0. The van der Waals surface area contributed by atoms with Crippen molar-refractivity contribution in [2.75, 3.05) is 5.32 Å². The molecule has 2 unspecified atom stereocenters. The number of anilines is 1. The molecule has 1 aliphatic heterocycles. The molecule has 0 saturated heterocycles. The van der Waals surface area contributed by atoms with E-state index in [1.165, 1.54) is 10.6 Å². The number of hydrogen-bond acceptors (Lipinski definition) is 2. The van der Waals surface area contributed by atoms with Gasteiger partial charge in [-0.2, -0.15) is 6.08 Å². The summed E-state index contributed by atoms with van der Waals surface area (Å²) in [5.41, 5.74) is 1.24. The SMILES string of the molecule is [C-]1=CC2Nc3ccccc3SC2C=C1.[Re]. The molecule has 1 heterocycles. The van der Waals surface area contributed by atoms with Gasteiger partial charge >= 0.3 is 0 Å². The van der Waals surface area contributed by atoms with Gasteiger partial charge in [-0.05, 0) is 17.4 Å². The van der Waals surface area contributed by atoms with E-state index in [2.05, 4.69) is 47.8 Å². The first-order valence-electron chi connectivity index (χ1n) is 4.72. The summed E-state index contributed by atoms with van der Waals surface area (Å²) >= 11 is 1.92. The van der Waals surface area contributed by atoms with Crippen LogP contribution in [0.15, 0.2) is 47.4 Å². The van der Waals surface area contributed by atoms with Crippen LogP contribution in [0.2, 0.25) is 0 Å². The summed E-state index contributed by atoms with van der Waals surface area (Å²) in [6, 6.07) is 8.85. The third-order valence-corrected chi connectivity index (χ3v) is 3.82. The minimum absolute atomic E-state index is 0. The fourth-order valence-electron chi connectivity index (χ4n) is 1.78. The molecule has 77 valence electrons. The molecule has 3 rings (SSSR count). The topological polar surface area (TPSA) is 12.0 Å². The Kier molecular flexibility index (Phi) is 3.36. The first kappa shape index (κ1) is 11.0. The standard InChI is InChI=1S/C12H10NS.Re/c1-3-7-11-9(5-1)13-10-6-2-4-8-12(10)14-11;/h1,3-8,10,12-13H;/q-1;. The molecule has 2 aliphatic rings. The molecule has 2 atom stereocenters. The van der Waals surface area contributed by atoms with Crippen molar-refractivity contribution in [3.05, 3.63) is 48.6 Å². The average Bonchev–Trinajstić information content (AvgIpc) is 2.26. The third-order valence-electron chi connectivity index (χ3n) is 2.48. The Labute approximate surface area is 108 Å². The van der Waals surface area contributed by atoms with Crippen LogP contribution in [0.25, 0.3) is 0 Å². The zero-order chi connectivity index (χ0) is 9.38. The van der Waals surface area contributed by atoms with Gasteiger partial charge in [-0.3, -0.25) is 6.08 Å². The van der Waals surface area contributed by atoms with E-state index in [-0.39, 0.29) is 20.4 Å². The Morgan fingerprint density at radius 3 is 3.07 bits per heavy atom. The van der Waals surface area contributed by atoms with Gasteiger partial charge in [0.2, 0.25) is 0 Å². The molecule has 3 heteroatoms. The zero-order valence-corrected chi connectivity index (χ0v) is 11.5. The third kappa shape index (κ3) is 2.06. The van der Waals surface area contributed by atoms with Gasteiger partial charge in [0.15, 0.2) is 0 Å².